The summed E-state index contributed by atoms with van der Waals surface area (Å²) in [5.41, 5.74) is 0. The maximum Gasteiger partial charge on any atom is 0.261 e. The molecule has 4 heteroatoms. The summed E-state index contributed by atoms with van der Waals surface area (Å²) in [6.45, 7) is 0.118. The summed E-state index contributed by atoms with van der Waals surface area (Å²) in [5, 5.41) is 0.636. The Morgan fingerprint density at radius 2 is 1.58 bits per heavy atom. The van der Waals surface area contributed by atoms with Crippen molar-refractivity contribution in [3.63, 3.8) is 0 Å². The normalized spacial score (nSPS) is 19.9. The maximum atomic E-state index is 13.0. The van der Waals surface area contributed by atoms with Gasteiger partial charge in [0.25, 0.3) is 5.91 Å². The molecule has 0 atom stereocenters. The van der Waals surface area contributed by atoms with Crippen LogP contribution < -0.4 is 4.74 Å². The van der Waals surface area contributed by atoms with Crippen LogP contribution in [0.3, 0.4) is 0 Å². The van der Waals surface area contributed by atoms with Crippen molar-refractivity contribution in [3.8, 4) is 5.75 Å². The molecule has 0 bridgehead atoms. The van der Waals surface area contributed by atoms with E-state index in [1.165, 1.54) is 38.5 Å². The fourth-order valence-electron chi connectivity index (χ4n) is 4.20. The van der Waals surface area contributed by atoms with E-state index in [-0.39, 0.29) is 12.5 Å². The number of nitrogens with zero attached hydrogens (tertiary/aromatic N) is 1. The number of rotatable bonds is 5. The lowest BCUT2D eigenvalue weighted by atomic mass is 9.88. The van der Waals surface area contributed by atoms with Crippen molar-refractivity contribution in [3.05, 3.63) is 29.3 Å². The first-order valence-electron chi connectivity index (χ1n) is 9.43. The van der Waals surface area contributed by atoms with E-state index in [1.807, 2.05) is 18.2 Å². The van der Waals surface area contributed by atoms with E-state index in [9.17, 15) is 4.79 Å². The Morgan fingerprint density at radius 1 is 1.00 bits per heavy atom. The second kappa shape index (κ2) is 8.75. The number of carbonyl (C=O) groups is 1. The zero-order valence-electron chi connectivity index (χ0n) is 14.4. The van der Waals surface area contributed by atoms with E-state index < -0.39 is 0 Å². The first-order chi connectivity index (χ1) is 11.7. The zero-order valence-corrected chi connectivity index (χ0v) is 15.1. The fourth-order valence-corrected chi connectivity index (χ4v) is 4.38. The summed E-state index contributed by atoms with van der Waals surface area (Å²) in [6, 6.07) is 8.11. The van der Waals surface area contributed by atoms with Crippen LogP contribution in [0.5, 0.6) is 5.75 Å². The number of hydrogen-bond donors (Lipinski definition) is 0. The minimum Gasteiger partial charge on any atom is -0.484 e. The highest BCUT2D eigenvalue weighted by Crippen LogP contribution is 2.30. The van der Waals surface area contributed by atoms with E-state index in [2.05, 4.69) is 4.90 Å². The number of carbonyl (C=O) groups excluding carboxylic acids is 1. The Kier molecular flexibility index (Phi) is 6.42. The van der Waals surface area contributed by atoms with Gasteiger partial charge in [-0.25, -0.2) is 0 Å². The molecule has 3 rings (SSSR count). The maximum absolute atomic E-state index is 13.0. The SMILES string of the molecule is O=C(COc1cccc(Cl)c1)N(C1CCCCC1)C1CCCCC1. The van der Waals surface area contributed by atoms with E-state index >= 15 is 0 Å². The molecule has 0 radical (unpaired) electrons. The Balaban J connectivity index is 1.65. The summed E-state index contributed by atoms with van der Waals surface area (Å²) in [7, 11) is 0. The third-order valence-corrected chi connectivity index (χ3v) is 5.62. The predicted molar refractivity (Wildman–Crippen MR) is 97.5 cm³/mol. The molecule has 0 spiro atoms. The molecule has 0 saturated heterocycles. The Hall–Kier alpha value is -1.22. The van der Waals surface area contributed by atoms with Gasteiger partial charge in [-0.05, 0) is 43.9 Å². The summed E-state index contributed by atoms with van der Waals surface area (Å²) in [6.07, 6.45) is 12.2. The Morgan fingerprint density at radius 3 is 2.12 bits per heavy atom. The number of halogens is 1. The molecule has 132 valence electrons. The van der Waals surface area contributed by atoms with Crippen LogP contribution >= 0.6 is 11.6 Å². The van der Waals surface area contributed by atoms with Gasteiger partial charge in [-0.2, -0.15) is 0 Å². The third kappa shape index (κ3) is 4.66. The lowest BCUT2D eigenvalue weighted by Crippen LogP contribution is -2.50. The minimum absolute atomic E-state index is 0.118. The van der Waals surface area contributed by atoms with Gasteiger partial charge in [-0.1, -0.05) is 56.2 Å². The van der Waals surface area contributed by atoms with Gasteiger partial charge < -0.3 is 9.64 Å². The molecule has 24 heavy (non-hydrogen) atoms. The van der Waals surface area contributed by atoms with Crippen LogP contribution in [0.25, 0.3) is 0 Å². The van der Waals surface area contributed by atoms with E-state index in [1.54, 1.807) is 6.07 Å². The van der Waals surface area contributed by atoms with Crippen LogP contribution in [0.1, 0.15) is 64.2 Å². The van der Waals surface area contributed by atoms with Crippen LogP contribution in [0.2, 0.25) is 5.02 Å². The van der Waals surface area contributed by atoms with Gasteiger partial charge in [-0.3, -0.25) is 4.79 Å². The first-order valence-corrected chi connectivity index (χ1v) is 9.81. The number of amides is 1. The monoisotopic (exact) mass is 349 g/mol. The standard InChI is InChI=1S/C20H28ClNO2/c21-16-8-7-13-19(14-16)24-15-20(23)22(17-9-3-1-4-10-17)18-11-5-2-6-12-18/h7-8,13-14,17-18H,1-6,9-12,15H2. The van der Waals surface area contributed by atoms with Crippen LogP contribution in [0, 0.1) is 0 Å². The topological polar surface area (TPSA) is 29.5 Å². The second-order valence-electron chi connectivity index (χ2n) is 7.13. The average Bonchev–Trinajstić information content (AvgIpc) is 2.62. The molecule has 0 aliphatic heterocycles. The highest BCUT2D eigenvalue weighted by atomic mass is 35.5. The van der Waals surface area contributed by atoms with Gasteiger partial charge in [-0.15, -0.1) is 0 Å². The Labute approximate surface area is 150 Å². The van der Waals surface area contributed by atoms with E-state index in [4.69, 9.17) is 16.3 Å². The number of ether oxygens (including phenoxy) is 1. The van der Waals surface area contributed by atoms with E-state index in [0.29, 0.717) is 22.9 Å². The molecule has 2 saturated carbocycles. The van der Waals surface area contributed by atoms with Gasteiger partial charge in [0.1, 0.15) is 5.75 Å². The molecule has 3 nitrogen and oxygen atoms in total. The van der Waals surface area contributed by atoms with Gasteiger partial charge in [0, 0.05) is 17.1 Å². The highest BCUT2D eigenvalue weighted by molar-refractivity contribution is 6.30. The fraction of sp³-hybridized carbons (Fsp3) is 0.650. The second-order valence-corrected chi connectivity index (χ2v) is 7.57. The van der Waals surface area contributed by atoms with E-state index in [0.717, 1.165) is 25.7 Å². The predicted octanol–water partition coefficient (Wildman–Crippen LogP) is 5.21. The van der Waals surface area contributed by atoms with Gasteiger partial charge in [0.05, 0.1) is 0 Å². The highest BCUT2D eigenvalue weighted by Gasteiger charge is 2.32. The van der Waals surface area contributed by atoms with Crippen LogP contribution in [0.4, 0.5) is 0 Å². The van der Waals surface area contributed by atoms with Crippen molar-refractivity contribution in [1.82, 2.24) is 4.90 Å². The molecular formula is C20H28ClNO2. The molecule has 2 fully saturated rings. The molecule has 0 N–H and O–H groups in total. The quantitative estimate of drug-likeness (QED) is 0.730. The lowest BCUT2D eigenvalue weighted by Gasteiger charge is -2.41. The molecule has 0 aromatic heterocycles. The van der Waals surface area contributed by atoms with Gasteiger partial charge in [0.2, 0.25) is 0 Å². The number of hydrogen-bond acceptors (Lipinski definition) is 2. The van der Waals surface area contributed by atoms with Gasteiger partial charge >= 0.3 is 0 Å². The Bertz CT molecular complexity index is 518. The molecule has 1 aromatic rings. The van der Waals surface area contributed by atoms with Crippen LogP contribution in [-0.4, -0.2) is 29.5 Å². The van der Waals surface area contributed by atoms with Crippen molar-refractivity contribution in [2.45, 2.75) is 76.3 Å². The summed E-state index contributed by atoms with van der Waals surface area (Å²) in [4.78, 5) is 15.2. The summed E-state index contributed by atoms with van der Waals surface area (Å²) < 4.78 is 5.74. The number of benzene rings is 1. The third-order valence-electron chi connectivity index (χ3n) is 5.38. The first kappa shape index (κ1) is 17.6. The van der Waals surface area contributed by atoms with Crippen molar-refractivity contribution < 1.29 is 9.53 Å². The zero-order chi connectivity index (χ0) is 16.8. The molecule has 2 aliphatic rings. The van der Waals surface area contributed by atoms with Crippen LogP contribution in [0.15, 0.2) is 24.3 Å². The molecular weight excluding hydrogens is 322 g/mol. The molecule has 0 heterocycles. The largest absolute Gasteiger partial charge is 0.484 e. The molecule has 2 aliphatic carbocycles. The lowest BCUT2D eigenvalue weighted by molar-refractivity contribution is -0.140. The molecule has 1 amide bonds. The summed E-state index contributed by atoms with van der Waals surface area (Å²) >= 11 is 5.99. The van der Waals surface area contributed by atoms with Crippen molar-refractivity contribution in [2.75, 3.05) is 6.61 Å². The van der Waals surface area contributed by atoms with Crippen molar-refractivity contribution >= 4 is 17.5 Å². The van der Waals surface area contributed by atoms with Crippen molar-refractivity contribution in [1.29, 1.82) is 0 Å². The smallest absolute Gasteiger partial charge is 0.261 e. The van der Waals surface area contributed by atoms with Crippen LogP contribution in [-0.2, 0) is 4.79 Å². The summed E-state index contributed by atoms with van der Waals surface area (Å²) in [5.74, 6) is 0.817. The molecule has 0 unspecified atom stereocenters. The average molecular weight is 350 g/mol. The van der Waals surface area contributed by atoms with Crippen molar-refractivity contribution in [2.24, 2.45) is 0 Å². The minimum atomic E-state index is 0.118. The molecule has 1 aromatic carbocycles. The van der Waals surface area contributed by atoms with Gasteiger partial charge in [0.15, 0.2) is 6.61 Å².